The van der Waals surface area contributed by atoms with Crippen molar-refractivity contribution in [2.24, 2.45) is 0 Å². The van der Waals surface area contributed by atoms with Crippen molar-refractivity contribution in [3.05, 3.63) is 70.3 Å². The smallest absolute Gasteiger partial charge is 0.189 e. The summed E-state index contributed by atoms with van der Waals surface area (Å²) in [4.78, 5) is 12.5. The molecule has 0 unspecified atom stereocenters. The van der Waals surface area contributed by atoms with Crippen LogP contribution >= 0.6 is 0 Å². The maximum Gasteiger partial charge on any atom is 0.189 e. The molecule has 0 spiro atoms. The van der Waals surface area contributed by atoms with E-state index in [0.717, 1.165) is 11.1 Å². The molecule has 25 heavy (non-hydrogen) atoms. The average molecular weight is 338 g/mol. The first-order valence-electron chi connectivity index (χ1n) is 7.98. The van der Waals surface area contributed by atoms with Gasteiger partial charge in [-0.15, -0.1) is 0 Å². The van der Waals surface area contributed by atoms with Gasteiger partial charge in [0.25, 0.3) is 0 Å². The first kappa shape index (κ1) is 18.3. The van der Waals surface area contributed by atoms with Crippen molar-refractivity contribution in [2.45, 2.75) is 27.2 Å². The second-order valence-corrected chi connectivity index (χ2v) is 6.19. The first-order valence-corrected chi connectivity index (χ1v) is 7.98. The summed E-state index contributed by atoms with van der Waals surface area (Å²) in [5.41, 5.74) is 2.85. The summed E-state index contributed by atoms with van der Waals surface area (Å²) < 4.78 is 0. The topological polar surface area (TPSA) is 77.8 Å². The Morgan fingerprint density at radius 2 is 1.72 bits per heavy atom. The molecular formula is C21H22O4. The molecule has 130 valence electrons. The van der Waals surface area contributed by atoms with Gasteiger partial charge in [-0.2, -0.15) is 0 Å². The van der Waals surface area contributed by atoms with E-state index in [1.165, 1.54) is 24.3 Å². The Bertz CT molecular complexity index is 839. The van der Waals surface area contributed by atoms with Crippen LogP contribution in [0.5, 0.6) is 17.2 Å². The van der Waals surface area contributed by atoms with Gasteiger partial charge in [0.15, 0.2) is 5.78 Å². The molecule has 0 radical (unpaired) electrons. The van der Waals surface area contributed by atoms with Crippen LogP contribution in [0.3, 0.4) is 0 Å². The zero-order valence-corrected chi connectivity index (χ0v) is 14.6. The minimum absolute atomic E-state index is 0.0217. The normalized spacial score (nSPS) is 10.8. The van der Waals surface area contributed by atoms with Crippen LogP contribution in [0.15, 0.2) is 48.1 Å². The summed E-state index contributed by atoms with van der Waals surface area (Å²) >= 11 is 0. The number of benzene rings is 2. The van der Waals surface area contributed by atoms with Gasteiger partial charge in [-0.1, -0.05) is 29.9 Å². The molecule has 0 atom stereocenters. The van der Waals surface area contributed by atoms with Crippen molar-refractivity contribution in [1.82, 2.24) is 0 Å². The largest absolute Gasteiger partial charge is 0.508 e. The van der Waals surface area contributed by atoms with Gasteiger partial charge < -0.3 is 15.3 Å². The second-order valence-electron chi connectivity index (χ2n) is 6.19. The molecule has 4 heteroatoms. The van der Waals surface area contributed by atoms with Crippen molar-refractivity contribution in [2.75, 3.05) is 0 Å². The lowest BCUT2D eigenvalue weighted by molar-refractivity contribution is 0.104. The van der Waals surface area contributed by atoms with E-state index < -0.39 is 0 Å². The van der Waals surface area contributed by atoms with Gasteiger partial charge >= 0.3 is 0 Å². The number of phenols is 3. The van der Waals surface area contributed by atoms with Crippen molar-refractivity contribution < 1.29 is 20.1 Å². The summed E-state index contributed by atoms with van der Waals surface area (Å²) in [5, 5.41) is 29.9. The van der Waals surface area contributed by atoms with E-state index in [4.69, 9.17) is 0 Å². The third-order valence-corrected chi connectivity index (χ3v) is 3.86. The monoisotopic (exact) mass is 338 g/mol. The van der Waals surface area contributed by atoms with Gasteiger partial charge in [-0.3, -0.25) is 4.79 Å². The molecule has 2 aromatic rings. The second kappa shape index (κ2) is 7.71. The van der Waals surface area contributed by atoms with E-state index in [0.29, 0.717) is 17.5 Å². The van der Waals surface area contributed by atoms with Gasteiger partial charge in [-0.05, 0) is 62.6 Å². The average Bonchev–Trinajstić information content (AvgIpc) is 2.53. The third-order valence-electron chi connectivity index (χ3n) is 3.86. The van der Waals surface area contributed by atoms with E-state index in [2.05, 4.69) is 0 Å². The standard InChI is InChI=1S/C21H22O4/c1-13(2)4-10-17-19(24)12-14(3)20(21(17)25)18(23)11-7-15-5-8-16(22)9-6-15/h4-9,11-12,22,24-25H,10H2,1-3H3/b11-7+. The minimum Gasteiger partial charge on any atom is -0.508 e. The molecular weight excluding hydrogens is 316 g/mol. The Balaban J connectivity index is 2.37. The Morgan fingerprint density at radius 1 is 1.08 bits per heavy atom. The highest BCUT2D eigenvalue weighted by Crippen LogP contribution is 2.34. The SMILES string of the molecule is CC(C)=CCc1c(O)cc(C)c(C(=O)/C=C/c2ccc(O)cc2)c1O. The highest BCUT2D eigenvalue weighted by Gasteiger charge is 2.18. The molecule has 0 amide bonds. The van der Waals surface area contributed by atoms with Gasteiger partial charge in [0, 0.05) is 5.56 Å². The number of aryl methyl sites for hydroxylation is 1. The summed E-state index contributed by atoms with van der Waals surface area (Å²) in [6.07, 6.45) is 5.21. The Labute approximate surface area is 147 Å². The summed E-state index contributed by atoms with van der Waals surface area (Å²) in [7, 11) is 0. The van der Waals surface area contributed by atoms with E-state index in [9.17, 15) is 20.1 Å². The van der Waals surface area contributed by atoms with Crippen LogP contribution in [0, 0.1) is 6.92 Å². The zero-order chi connectivity index (χ0) is 18.6. The molecule has 0 heterocycles. The van der Waals surface area contributed by atoms with Crippen LogP contribution in [0.1, 0.15) is 40.9 Å². The molecule has 0 bridgehead atoms. The molecule has 0 aromatic heterocycles. The molecule has 2 aromatic carbocycles. The molecule has 0 saturated heterocycles. The van der Waals surface area contributed by atoms with E-state index >= 15 is 0 Å². The van der Waals surface area contributed by atoms with E-state index in [1.54, 1.807) is 25.1 Å². The summed E-state index contributed by atoms with van der Waals surface area (Å²) in [6, 6.07) is 7.93. The van der Waals surface area contributed by atoms with Crippen LogP contribution in [-0.4, -0.2) is 21.1 Å². The number of hydrogen-bond donors (Lipinski definition) is 3. The Kier molecular flexibility index (Phi) is 5.65. The lowest BCUT2D eigenvalue weighted by atomic mass is 9.96. The predicted molar refractivity (Wildman–Crippen MR) is 99.1 cm³/mol. The van der Waals surface area contributed by atoms with Crippen LogP contribution in [0.25, 0.3) is 6.08 Å². The molecule has 0 aliphatic carbocycles. The molecule has 0 aliphatic heterocycles. The van der Waals surface area contributed by atoms with Crippen LogP contribution in [-0.2, 0) is 6.42 Å². The highest BCUT2D eigenvalue weighted by atomic mass is 16.3. The maximum atomic E-state index is 12.5. The maximum absolute atomic E-state index is 12.5. The third kappa shape index (κ3) is 4.51. The molecule has 4 nitrogen and oxygen atoms in total. The fraction of sp³-hybridized carbons (Fsp3) is 0.190. The fourth-order valence-electron chi connectivity index (χ4n) is 2.48. The van der Waals surface area contributed by atoms with Gasteiger partial charge in [0.1, 0.15) is 17.2 Å². The number of allylic oxidation sites excluding steroid dienone is 3. The van der Waals surface area contributed by atoms with E-state index in [-0.39, 0.29) is 28.6 Å². The van der Waals surface area contributed by atoms with Crippen molar-refractivity contribution in [3.63, 3.8) is 0 Å². The van der Waals surface area contributed by atoms with E-state index in [1.807, 2.05) is 19.9 Å². The quantitative estimate of drug-likeness (QED) is 0.426. The number of ketones is 1. The van der Waals surface area contributed by atoms with Crippen LogP contribution < -0.4 is 0 Å². The Morgan fingerprint density at radius 3 is 2.32 bits per heavy atom. The van der Waals surface area contributed by atoms with Gasteiger partial charge in [0.05, 0.1) is 5.56 Å². The lowest BCUT2D eigenvalue weighted by Gasteiger charge is -2.12. The minimum atomic E-state index is -0.346. The van der Waals surface area contributed by atoms with Crippen LogP contribution in [0.2, 0.25) is 0 Å². The Hall–Kier alpha value is -3.01. The molecule has 0 fully saturated rings. The summed E-state index contributed by atoms with van der Waals surface area (Å²) in [6.45, 7) is 5.52. The number of hydrogen-bond acceptors (Lipinski definition) is 4. The predicted octanol–water partition coefficient (Wildman–Crippen LogP) is 4.52. The first-order chi connectivity index (χ1) is 11.8. The van der Waals surface area contributed by atoms with Gasteiger partial charge in [0.2, 0.25) is 0 Å². The number of carbonyl (C=O) groups is 1. The van der Waals surface area contributed by atoms with Crippen molar-refractivity contribution in [3.8, 4) is 17.2 Å². The number of aromatic hydroxyl groups is 3. The molecule has 2 rings (SSSR count). The fourth-order valence-corrected chi connectivity index (χ4v) is 2.48. The van der Waals surface area contributed by atoms with Crippen LogP contribution in [0.4, 0.5) is 0 Å². The number of phenolic OH excluding ortho intramolecular Hbond substituents is 3. The van der Waals surface area contributed by atoms with Crippen molar-refractivity contribution >= 4 is 11.9 Å². The molecule has 0 aliphatic rings. The molecule has 3 N–H and O–H groups in total. The number of carbonyl (C=O) groups excluding carboxylic acids is 1. The lowest BCUT2D eigenvalue weighted by Crippen LogP contribution is -2.01. The van der Waals surface area contributed by atoms with Crippen molar-refractivity contribution in [1.29, 1.82) is 0 Å². The highest BCUT2D eigenvalue weighted by molar-refractivity contribution is 6.10. The molecule has 0 saturated carbocycles. The summed E-state index contributed by atoms with van der Waals surface area (Å²) in [5.74, 6) is -0.400. The van der Waals surface area contributed by atoms with Gasteiger partial charge in [-0.25, -0.2) is 0 Å². The zero-order valence-electron chi connectivity index (χ0n) is 14.6. The number of rotatable bonds is 5.